The number of nitriles is 2. The van der Waals surface area contributed by atoms with Gasteiger partial charge in [0, 0.05) is 17.6 Å². The zero-order valence-corrected chi connectivity index (χ0v) is 27.2. The number of benzene rings is 3. The van der Waals surface area contributed by atoms with Crippen LogP contribution in [-0.4, -0.2) is 60.0 Å². The maximum atomic E-state index is 14.6. The lowest BCUT2D eigenvalue weighted by Gasteiger charge is -2.32. The average molecular weight is 652 g/mol. The number of nitrogens with zero attached hydrogens (tertiary/aromatic N) is 6. The Balaban J connectivity index is 1.72. The molecule has 13 heteroatoms. The van der Waals surface area contributed by atoms with Crippen molar-refractivity contribution in [3.8, 4) is 17.8 Å². The molecule has 12 nitrogen and oxygen atoms in total. The minimum absolute atomic E-state index is 0.115. The molecule has 0 saturated heterocycles. The molecule has 0 spiro atoms. The van der Waals surface area contributed by atoms with Gasteiger partial charge in [-0.1, -0.05) is 44.2 Å². The largest absolute Gasteiger partial charge is 0.342 e. The van der Waals surface area contributed by atoms with E-state index in [2.05, 4.69) is 11.4 Å². The Morgan fingerprint density at radius 2 is 1.70 bits per heavy atom. The highest BCUT2D eigenvalue weighted by molar-refractivity contribution is 7.91. The van der Waals surface area contributed by atoms with Crippen LogP contribution in [0.25, 0.3) is 16.6 Å². The first kappa shape index (κ1) is 32.9. The quantitative estimate of drug-likeness (QED) is 0.301. The molecule has 0 saturated carbocycles. The number of hydrogen-bond acceptors (Lipinski definition) is 8. The summed E-state index contributed by atoms with van der Waals surface area (Å²) in [4.78, 5) is 44.1. The maximum absolute atomic E-state index is 14.6. The molecule has 1 aliphatic heterocycles. The summed E-state index contributed by atoms with van der Waals surface area (Å²) in [6.07, 6.45) is 1.44. The van der Waals surface area contributed by atoms with Crippen LogP contribution in [0, 0.1) is 28.6 Å². The smallest absolute Gasteiger partial charge is 0.252 e. The van der Waals surface area contributed by atoms with Crippen LogP contribution in [0.2, 0.25) is 0 Å². The van der Waals surface area contributed by atoms with Crippen LogP contribution >= 0.6 is 0 Å². The van der Waals surface area contributed by atoms with Gasteiger partial charge in [-0.05, 0) is 49.7 Å². The summed E-state index contributed by atoms with van der Waals surface area (Å²) in [6, 6.07) is 20.8. The molecule has 1 aliphatic rings. The van der Waals surface area contributed by atoms with Crippen molar-refractivity contribution in [3.05, 3.63) is 83.6 Å². The minimum Gasteiger partial charge on any atom is -0.342 e. The fourth-order valence-electron chi connectivity index (χ4n) is 5.69. The standard InChI is InChI=1S/C34H33N7O5S/c1-5-21(2)33(43)37-32-22(3)40(31(42)20-47(4,45)46)30-16-23(17-35)14-15-29(30)39(34(32)44)19-26-25-11-7-9-13-28(25)41(38-26)27-12-8-6-10-24(27)18-36/h6-16,21-22,32H,5,19-20H2,1-4H3,(H,37,43)/t21-,22+,32+/m1/s1. The van der Waals surface area contributed by atoms with E-state index in [0.29, 0.717) is 34.3 Å². The molecule has 0 radical (unpaired) electrons. The van der Waals surface area contributed by atoms with E-state index < -0.39 is 51.3 Å². The molecule has 240 valence electrons. The van der Waals surface area contributed by atoms with Gasteiger partial charge in [0.25, 0.3) is 5.91 Å². The summed E-state index contributed by atoms with van der Waals surface area (Å²) in [5.74, 6) is -3.05. The van der Waals surface area contributed by atoms with E-state index >= 15 is 0 Å². The van der Waals surface area contributed by atoms with E-state index in [0.717, 1.165) is 6.26 Å². The van der Waals surface area contributed by atoms with Crippen LogP contribution in [0.5, 0.6) is 0 Å². The molecule has 5 rings (SSSR count). The van der Waals surface area contributed by atoms with Crippen LogP contribution in [0.3, 0.4) is 0 Å². The molecule has 3 amide bonds. The number of para-hydroxylation sites is 2. The third-order valence-corrected chi connectivity index (χ3v) is 9.08. The van der Waals surface area contributed by atoms with Crippen molar-refractivity contribution in [2.24, 2.45) is 5.92 Å². The predicted octanol–water partition coefficient (Wildman–Crippen LogP) is 3.61. The van der Waals surface area contributed by atoms with Crippen molar-refractivity contribution in [2.75, 3.05) is 21.8 Å². The lowest BCUT2D eigenvalue weighted by molar-refractivity contribution is -0.130. The van der Waals surface area contributed by atoms with E-state index in [1.165, 1.54) is 28.0 Å². The Hall–Kier alpha value is -5.53. The summed E-state index contributed by atoms with van der Waals surface area (Å²) in [6.45, 7) is 5.00. The SMILES string of the molecule is CC[C@@H](C)C(=O)N[C@@H]1C(=O)N(Cc2nn(-c3ccccc3C#N)c3ccccc23)c2ccc(C#N)cc2N(C(=O)CS(C)(=O)=O)[C@H]1C. The Morgan fingerprint density at radius 3 is 2.38 bits per heavy atom. The van der Waals surface area contributed by atoms with Gasteiger partial charge in [0.05, 0.1) is 58.1 Å². The minimum atomic E-state index is -3.79. The van der Waals surface area contributed by atoms with Crippen molar-refractivity contribution in [2.45, 2.75) is 45.8 Å². The normalized spacial score (nSPS) is 16.9. The van der Waals surface area contributed by atoms with Gasteiger partial charge in [-0.15, -0.1) is 0 Å². The summed E-state index contributed by atoms with van der Waals surface area (Å²) in [5.41, 5.74) is 2.67. The number of aromatic nitrogens is 2. The molecular weight excluding hydrogens is 618 g/mol. The van der Waals surface area contributed by atoms with E-state index in [1.807, 2.05) is 37.3 Å². The molecule has 0 aliphatic carbocycles. The van der Waals surface area contributed by atoms with Gasteiger partial charge in [0.1, 0.15) is 17.9 Å². The molecule has 0 bridgehead atoms. The highest BCUT2D eigenvalue weighted by Crippen LogP contribution is 2.38. The second-order valence-electron chi connectivity index (χ2n) is 11.6. The van der Waals surface area contributed by atoms with Gasteiger partial charge in [-0.2, -0.15) is 15.6 Å². The van der Waals surface area contributed by atoms with Crippen molar-refractivity contribution >= 4 is 49.8 Å². The number of carbonyl (C=O) groups excluding carboxylic acids is 3. The first-order chi connectivity index (χ1) is 22.4. The Kier molecular flexibility index (Phi) is 9.13. The Bertz CT molecular complexity index is 2090. The molecule has 0 unspecified atom stereocenters. The van der Waals surface area contributed by atoms with Crippen LogP contribution in [0.4, 0.5) is 11.4 Å². The number of sulfone groups is 1. The molecule has 2 heterocycles. The van der Waals surface area contributed by atoms with E-state index in [1.54, 1.807) is 42.8 Å². The molecule has 3 aromatic carbocycles. The predicted molar refractivity (Wildman–Crippen MR) is 176 cm³/mol. The number of nitrogens with one attached hydrogen (secondary N) is 1. The molecule has 1 aromatic heterocycles. The van der Waals surface area contributed by atoms with Crippen molar-refractivity contribution in [1.82, 2.24) is 15.1 Å². The number of anilines is 2. The summed E-state index contributed by atoms with van der Waals surface area (Å²) >= 11 is 0. The summed E-state index contributed by atoms with van der Waals surface area (Å²) < 4.78 is 26.2. The topological polar surface area (TPSA) is 169 Å². The lowest BCUT2D eigenvalue weighted by Crippen LogP contribution is -2.59. The third kappa shape index (κ3) is 6.44. The van der Waals surface area contributed by atoms with Crippen molar-refractivity contribution in [1.29, 1.82) is 10.5 Å². The first-order valence-electron chi connectivity index (χ1n) is 15.0. The molecule has 4 aromatic rings. The van der Waals surface area contributed by atoms with Gasteiger partial charge >= 0.3 is 0 Å². The monoisotopic (exact) mass is 651 g/mol. The zero-order valence-electron chi connectivity index (χ0n) is 26.3. The number of hydrogen-bond donors (Lipinski definition) is 1. The maximum Gasteiger partial charge on any atom is 0.252 e. The van der Waals surface area contributed by atoms with E-state index in [4.69, 9.17) is 5.10 Å². The van der Waals surface area contributed by atoms with Crippen LogP contribution in [0.1, 0.15) is 44.0 Å². The van der Waals surface area contributed by atoms with Crippen LogP contribution < -0.4 is 15.1 Å². The Morgan fingerprint density at radius 1 is 1.00 bits per heavy atom. The summed E-state index contributed by atoms with van der Waals surface area (Å²) in [7, 11) is -3.79. The van der Waals surface area contributed by atoms with Gasteiger partial charge in [-0.3, -0.25) is 14.4 Å². The van der Waals surface area contributed by atoms with Gasteiger partial charge in [-0.25, -0.2) is 13.1 Å². The first-order valence-corrected chi connectivity index (χ1v) is 17.1. The number of carbonyl (C=O) groups is 3. The second-order valence-corrected chi connectivity index (χ2v) is 13.8. The molecule has 47 heavy (non-hydrogen) atoms. The van der Waals surface area contributed by atoms with Gasteiger partial charge in [0.15, 0.2) is 9.84 Å². The fraction of sp³-hybridized carbons (Fsp3) is 0.294. The average Bonchev–Trinajstić information content (AvgIpc) is 3.39. The molecular formula is C34H33N7O5S. The van der Waals surface area contributed by atoms with Crippen molar-refractivity contribution in [3.63, 3.8) is 0 Å². The number of fused-ring (bicyclic) bond motifs is 2. The van der Waals surface area contributed by atoms with Gasteiger partial charge < -0.3 is 15.1 Å². The lowest BCUT2D eigenvalue weighted by atomic mass is 10.0. The van der Waals surface area contributed by atoms with Crippen LogP contribution in [0.15, 0.2) is 66.7 Å². The van der Waals surface area contributed by atoms with Crippen molar-refractivity contribution < 1.29 is 22.8 Å². The number of rotatable bonds is 8. The van der Waals surface area contributed by atoms with E-state index in [9.17, 15) is 33.3 Å². The third-order valence-electron chi connectivity index (χ3n) is 8.31. The van der Waals surface area contributed by atoms with E-state index in [-0.39, 0.29) is 23.5 Å². The highest BCUT2D eigenvalue weighted by Gasteiger charge is 2.43. The highest BCUT2D eigenvalue weighted by atomic mass is 32.2. The fourth-order valence-corrected chi connectivity index (χ4v) is 6.28. The Labute approximate surface area is 272 Å². The molecule has 0 fully saturated rings. The molecule has 1 N–H and O–H groups in total. The number of amides is 3. The second kappa shape index (κ2) is 13.1. The van der Waals surface area contributed by atoms with Gasteiger partial charge in [0.2, 0.25) is 11.8 Å². The summed E-state index contributed by atoms with van der Waals surface area (Å²) in [5, 5.41) is 27.9. The molecule has 3 atom stereocenters. The zero-order chi connectivity index (χ0) is 34.0. The van der Waals surface area contributed by atoms with Crippen LogP contribution in [-0.2, 0) is 30.8 Å².